The first kappa shape index (κ1) is 27.0. The van der Waals surface area contributed by atoms with Crippen LogP contribution < -0.4 is 4.74 Å². The van der Waals surface area contributed by atoms with Crippen LogP contribution in [0.15, 0.2) is 42.5 Å². The van der Waals surface area contributed by atoms with E-state index in [0.717, 1.165) is 24.2 Å². The van der Waals surface area contributed by atoms with Gasteiger partial charge in [-0.2, -0.15) is 0 Å². The number of allylic oxidation sites excluding steroid dienone is 2. The van der Waals surface area contributed by atoms with Gasteiger partial charge in [-0.05, 0) is 98.4 Å². The molecule has 0 aliphatic rings. The summed E-state index contributed by atoms with van der Waals surface area (Å²) >= 11 is 0. The highest BCUT2D eigenvalue weighted by Gasteiger charge is 2.21. The van der Waals surface area contributed by atoms with Gasteiger partial charge in [-0.15, -0.1) is 0 Å². The Balaban J connectivity index is 2.24. The van der Waals surface area contributed by atoms with Crippen LogP contribution in [-0.4, -0.2) is 11.7 Å². The van der Waals surface area contributed by atoms with Crippen LogP contribution in [-0.2, 0) is 0 Å². The van der Waals surface area contributed by atoms with Crippen LogP contribution in [0.2, 0.25) is 0 Å². The molecule has 1 atom stereocenters. The van der Waals surface area contributed by atoms with E-state index in [-0.39, 0.29) is 0 Å². The van der Waals surface area contributed by atoms with Gasteiger partial charge in [-0.1, -0.05) is 70.7 Å². The Kier molecular flexibility index (Phi) is 11.6. The molecular formula is C31H46O2. The molecule has 0 radical (unpaired) electrons. The fourth-order valence-electron chi connectivity index (χ4n) is 4.83. The minimum absolute atomic E-state index is 0.292. The number of aryl methyl sites for hydroxylation is 2. The lowest BCUT2D eigenvalue weighted by Gasteiger charge is -2.24. The first-order valence-corrected chi connectivity index (χ1v) is 13.1. The number of ether oxygens (including phenoxy) is 1. The third-order valence-electron chi connectivity index (χ3n) is 6.57. The molecule has 0 fully saturated rings. The molecule has 0 saturated carbocycles. The van der Waals surface area contributed by atoms with Crippen molar-refractivity contribution in [2.24, 2.45) is 0 Å². The van der Waals surface area contributed by atoms with Gasteiger partial charge in [0, 0.05) is 5.92 Å². The van der Waals surface area contributed by atoms with Crippen molar-refractivity contribution in [2.75, 3.05) is 6.61 Å². The second-order valence-electron chi connectivity index (χ2n) is 9.68. The average molecular weight is 451 g/mol. The predicted molar refractivity (Wildman–Crippen MR) is 143 cm³/mol. The van der Waals surface area contributed by atoms with Gasteiger partial charge in [0.25, 0.3) is 0 Å². The first-order valence-electron chi connectivity index (χ1n) is 13.1. The maximum atomic E-state index is 10.4. The first-order chi connectivity index (χ1) is 15.9. The van der Waals surface area contributed by atoms with Crippen LogP contribution in [0.5, 0.6) is 11.5 Å². The Morgan fingerprint density at radius 1 is 0.879 bits per heavy atom. The zero-order valence-electron chi connectivity index (χ0n) is 21.9. The highest BCUT2D eigenvalue weighted by Crippen LogP contribution is 2.38. The van der Waals surface area contributed by atoms with E-state index in [4.69, 9.17) is 4.74 Å². The lowest BCUT2D eigenvalue weighted by molar-refractivity contribution is 0.339. The van der Waals surface area contributed by atoms with Gasteiger partial charge < -0.3 is 9.84 Å². The Labute approximate surface area is 203 Å². The van der Waals surface area contributed by atoms with Crippen LogP contribution in [0.25, 0.3) is 0 Å². The largest absolute Gasteiger partial charge is 0.508 e. The molecule has 2 aromatic rings. The van der Waals surface area contributed by atoms with Crippen molar-refractivity contribution in [2.45, 2.75) is 105 Å². The zero-order chi connectivity index (χ0) is 24.2. The van der Waals surface area contributed by atoms with Crippen LogP contribution >= 0.6 is 0 Å². The van der Waals surface area contributed by atoms with Gasteiger partial charge in [0.2, 0.25) is 0 Å². The maximum Gasteiger partial charge on any atom is 0.119 e. The van der Waals surface area contributed by atoms with Crippen molar-refractivity contribution in [3.8, 4) is 11.5 Å². The molecule has 0 spiro atoms. The summed E-state index contributed by atoms with van der Waals surface area (Å²) in [5.74, 6) is 1.94. The fraction of sp³-hybridized carbons (Fsp3) is 0.548. The number of phenols is 1. The summed E-state index contributed by atoms with van der Waals surface area (Å²) in [6, 6.07) is 10.6. The van der Waals surface area contributed by atoms with Gasteiger partial charge in [-0.25, -0.2) is 0 Å². The summed E-state index contributed by atoms with van der Waals surface area (Å²) in [4.78, 5) is 0. The van der Waals surface area contributed by atoms with E-state index in [1.807, 2.05) is 13.0 Å². The molecule has 0 aliphatic carbocycles. The summed E-state index contributed by atoms with van der Waals surface area (Å²) in [5, 5.41) is 10.4. The Bertz CT molecular complexity index is 855. The average Bonchev–Trinajstić information content (AvgIpc) is 2.76. The van der Waals surface area contributed by atoms with Crippen molar-refractivity contribution in [1.82, 2.24) is 0 Å². The monoisotopic (exact) mass is 450 g/mol. The Morgan fingerprint density at radius 2 is 1.55 bits per heavy atom. The summed E-state index contributed by atoms with van der Waals surface area (Å²) in [6.45, 7) is 13.7. The number of aromatic hydroxyl groups is 1. The minimum atomic E-state index is 0.292. The predicted octanol–water partition coefficient (Wildman–Crippen LogP) is 9.36. The number of hydrogen-bond acceptors (Lipinski definition) is 2. The number of rotatable bonds is 14. The van der Waals surface area contributed by atoms with Crippen molar-refractivity contribution < 1.29 is 9.84 Å². The summed E-state index contributed by atoms with van der Waals surface area (Å²) in [5.41, 5.74) is 6.28. The Hall–Kier alpha value is -2.22. The van der Waals surface area contributed by atoms with Gasteiger partial charge >= 0.3 is 0 Å². The molecule has 2 heteroatoms. The highest BCUT2D eigenvalue weighted by molar-refractivity contribution is 5.49. The second-order valence-corrected chi connectivity index (χ2v) is 9.68. The van der Waals surface area contributed by atoms with Crippen molar-refractivity contribution >= 4 is 0 Å². The van der Waals surface area contributed by atoms with E-state index in [0.29, 0.717) is 24.2 Å². The van der Waals surface area contributed by atoms with E-state index in [9.17, 15) is 5.11 Å². The molecule has 0 aliphatic heterocycles. The topological polar surface area (TPSA) is 29.5 Å². The molecule has 2 rings (SSSR count). The summed E-state index contributed by atoms with van der Waals surface area (Å²) in [7, 11) is 0. The van der Waals surface area contributed by atoms with Crippen molar-refractivity contribution in [3.05, 3.63) is 70.3 Å². The molecule has 182 valence electrons. The van der Waals surface area contributed by atoms with E-state index in [1.165, 1.54) is 60.8 Å². The standard InChI is InChI=1S/C31H46O2/c1-7-9-10-11-12-13-14-15-16-17-28(26-18-19-30(32)29(22-26)23(3)4)31-24(5)20-27(33-8-2)21-25(31)6/h14-15,18-23,28,32H,7-13,16-17H2,1-6H3/b15-14-. The van der Waals surface area contributed by atoms with E-state index < -0.39 is 0 Å². The van der Waals surface area contributed by atoms with Crippen LogP contribution in [0.1, 0.15) is 119 Å². The molecule has 1 N–H and O–H groups in total. The SMILES string of the molecule is CCCCCCC/C=C\CCC(c1ccc(O)c(C(C)C)c1)c1c(C)cc(OCC)cc1C. The third kappa shape index (κ3) is 8.25. The summed E-state index contributed by atoms with van der Waals surface area (Å²) in [6.07, 6.45) is 14.7. The minimum Gasteiger partial charge on any atom is -0.508 e. The Morgan fingerprint density at radius 3 is 2.18 bits per heavy atom. The highest BCUT2D eigenvalue weighted by atomic mass is 16.5. The summed E-state index contributed by atoms with van der Waals surface area (Å²) < 4.78 is 5.79. The lowest BCUT2D eigenvalue weighted by atomic mass is 9.81. The van der Waals surface area contributed by atoms with Crippen LogP contribution in [0.4, 0.5) is 0 Å². The van der Waals surface area contributed by atoms with E-state index in [1.54, 1.807) is 0 Å². The van der Waals surface area contributed by atoms with Gasteiger partial charge in [0.1, 0.15) is 11.5 Å². The molecule has 0 bridgehead atoms. The maximum absolute atomic E-state index is 10.4. The molecule has 0 amide bonds. The van der Waals surface area contributed by atoms with Gasteiger partial charge in [0.15, 0.2) is 0 Å². The van der Waals surface area contributed by atoms with Gasteiger partial charge in [-0.3, -0.25) is 0 Å². The zero-order valence-corrected chi connectivity index (χ0v) is 21.9. The molecular weight excluding hydrogens is 404 g/mol. The molecule has 33 heavy (non-hydrogen) atoms. The van der Waals surface area contributed by atoms with E-state index in [2.05, 4.69) is 71.0 Å². The van der Waals surface area contributed by atoms with Crippen LogP contribution in [0, 0.1) is 13.8 Å². The number of phenolic OH excluding ortho intramolecular Hbond substituents is 1. The molecule has 2 nitrogen and oxygen atoms in total. The van der Waals surface area contributed by atoms with Crippen LogP contribution in [0.3, 0.4) is 0 Å². The van der Waals surface area contributed by atoms with Crippen molar-refractivity contribution in [1.29, 1.82) is 0 Å². The quantitative estimate of drug-likeness (QED) is 0.229. The normalized spacial score (nSPS) is 12.6. The smallest absolute Gasteiger partial charge is 0.119 e. The van der Waals surface area contributed by atoms with Gasteiger partial charge in [0.05, 0.1) is 6.61 Å². The number of benzene rings is 2. The number of hydrogen-bond donors (Lipinski definition) is 1. The molecule has 0 heterocycles. The van der Waals surface area contributed by atoms with Crippen molar-refractivity contribution in [3.63, 3.8) is 0 Å². The second kappa shape index (κ2) is 14.1. The molecule has 2 aromatic carbocycles. The fourth-order valence-corrected chi connectivity index (χ4v) is 4.83. The molecule has 1 unspecified atom stereocenters. The molecule has 0 saturated heterocycles. The lowest BCUT2D eigenvalue weighted by Crippen LogP contribution is -2.07. The number of unbranched alkanes of at least 4 members (excludes halogenated alkanes) is 5. The molecule has 0 aromatic heterocycles. The third-order valence-corrected chi connectivity index (χ3v) is 6.57. The van der Waals surface area contributed by atoms with E-state index >= 15 is 0 Å².